The van der Waals surface area contributed by atoms with Crippen LogP contribution >= 0.6 is 0 Å². The van der Waals surface area contributed by atoms with Crippen LogP contribution in [0.4, 0.5) is 0 Å². The summed E-state index contributed by atoms with van der Waals surface area (Å²) in [4.78, 5) is 23.0. The van der Waals surface area contributed by atoms with E-state index in [-0.39, 0.29) is 11.3 Å². The van der Waals surface area contributed by atoms with Crippen LogP contribution < -0.4 is 10.9 Å². The highest BCUT2D eigenvalue weighted by atomic mass is 16.5. The molecule has 7 heteroatoms. The third kappa shape index (κ3) is 3.90. The Bertz CT molecular complexity index is 694. The van der Waals surface area contributed by atoms with Gasteiger partial charge in [-0.2, -0.15) is 5.10 Å². The standard InChI is InChI=1S/C15H13N3O4/c19-13-7-1-10(2-8-13)9-16-17-14(20)11-3-5-12(6-4-11)15(21)18-22/h1-9,19,22H,(H,17,20)(H,18,21)/b16-9+. The minimum atomic E-state index is -0.655. The molecule has 4 N–H and O–H groups in total. The first-order chi connectivity index (χ1) is 10.6. The van der Waals surface area contributed by atoms with Crippen molar-refractivity contribution in [1.29, 1.82) is 0 Å². The summed E-state index contributed by atoms with van der Waals surface area (Å²) in [5, 5.41) is 21.4. The average Bonchev–Trinajstić information content (AvgIpc) is 2.56. The minimum Gasteiger partial charge on any atom is -0.508 e. The van der Waals surface area contributed by atoms with E-state index in [0.29, 0.717) is 11.1 Å². The first-order valence-electron chi connectivity index (χ1n) is 6.27. The number of amides is 2. The van der Waals surface area contributed by atoms with Crippen LogP contribution in [0.1, 0.15) is 26.3 Å². The van der Waals surface area contributed by atoms with Crippen molar-refractivity contribution < 1.29 is 19.9 Å². The van der Waals surface area contributed by atoms with Gasteiger partial charge >= 0.3 is 0 Å². The molecule has 22 heavy (non-hydrogen) atoms. The Balaban J connectivity index is 1.97. The Morgan fingerprint density at radius 1 is 0.909 bits per heavy atom. The van der Waals surface area contributed by atoms with Crippen molar-refractivity contribution >= 4 is 18.0 Å². The van der Waals surface area contributed by atoms with Crippen molar-refractivity contribution in [2.45, 2.75) is 0 Å². The average molecular weight is 299 g/mol. The van der Waals surface area contributed by atoms with Gasteiger partial charge in [-0.05, 0) is 54.1 Å². The van der Waals surface area contributed by atoms with Crippen LogP contribution in [0.5, 0.6) is 5.75 Å². The van der Waals surface area contributed by atoms with Crippen LogP contribution in [-0.4, -0.2) is 28.3 Å². The molecule has 0 fully saturated rings. The molecule has 0 aliphatic carbocycles. The molecule has 0 heterocycles. The highest BCUT2D eigenvalue weighted by molar-refractivity contribution is 5.97. The van der Waals surface area contributed by atoms with E-state index in [2.05, 4.69) is 10.5 Å². The van der Waals surface area contributed by atoms with Crippen molar-refractivity contribution in [2.75, 3.05) is 0 Å². The number of nitrogens with one attached hydrogen (secondary N) is 2. The number of phenolic OH excluding ortho intramolecular Hbond substituents is 1. The molecule has 2 aromatic carbocycles. The van der Waals surface area contributed by atoms with Crippen LogP contribution in [0.3, 0.4) is 0 Å². The molecule has 0 unspecified atom stereocenters. The molecular weight excluding hydrogens is 286 g/mol. The Morgan fingerprint density at radius 2 is 1.45 bits per heavy atom. The monoisotopic (exact) mass is 299 g/mol. The van der Waals surface area contributed by atoms with Gasteiger partial charge < -0.3 is 5.11 Å². The number of carbonyl (C=O) groups is 2. The highest BCUT2D eigenvalue weighted by Crippen LogP contribution is 2.08. The van der Waals surface area contributed by atoms with Gasteiger partial charge in [-0.1, -0.05) is 0 Å². The van der Waals surface area contributed by atoms with E-state index in [1.807, 2.05) is 0 Å². The van der Waals surface area contributed by atoms with Gasteiger partial charge in [0, 0.05) is 11.1 Å². The maximum Gasteiger partial charge on any atom is 0.274 e. The van der Waals surface area contributed by atoms with Crippen LogP contribution in [0.15, 0.2) is 53.6 Å². The molecule has 0 saturated heterocycles. The zero-order chi connectivity index (χ0) is 15.9. The molecule has 0 atom stereocenters. The number of carbonyl (C=O) groups excluding carboxylic acids is 2. The second-order valence-electron chi connectivity index (χ2n) is 4.31. The summed E-state index contributed by atoms with van der Waals surface area (Å²) in [7, 11) is 0. The zero-order valence-electron chi connectivity index (χ0n) is 11.4. The van der Waals surface area contributed by atoms with Crippen LogP contribution in [0, 0.1) is 0 Å². The number of aromatic hydroxyl groups is 1. The lowest BCUT2D eigenvalue weighted by atomic mass is 10.1. The van der Waals surface area contributed by atoms with Crippen molar-refractivity contribution in [2.24, 2.45) is 5.10 Å². The Labute approximate surface area is 125 Å². The van der Waals surface area contributed by atoms with Gasteiger partial charge in [0.05, 0.1) is 6.21 Å². The summed E-state index contributed by atoms with van der Waals surface area (Å²) in [5.74, 6) is -0.948. The Kier molecular flexibility index (Phi) is 4.84. The van der Waals surface area contributed by atoms with Gasteiger partial charge in [-0.3, -0.25) is 14.8 Å². The lowest BCUT2D eigenvalue weighted by Gasteiger charge is -2.02. The zero-order valence-corrected chi connectivity index (χ0v) is 11.4. The van der Waals surface area contributed by atoms with E-state index in [1.165, 1.54) is 48.1 Å². The molecule has 7 nitrogen and oxygen atoms in total. The first kappa shape index (κ1) is 15.2. The molecule has 2 aromatic rings. The van der Waals surface area contributed by atoms with Crippen LogP contribution in [-0.2, 0) is 0 Å². The van der Waals surface area contributed by atoms with E-state index in [1.54, 1.807) is 12.1 Å². The van der Waals surface area contributed by atoms with Crippen LogP contribution in [0.25, 0.3) is 0 Å². The third-order valence-electron chi connectivity index (χ3n) is 2.78. The van der Waals surface area contributed by atoms with Gasteiger partial charge in [0.1, 0.15) is 5.75 Å². The quantitative estimate of drug-likeness (QED) is 0.387. The number of nitrogens with zero attached hydrogens (tertiary/aromatic N) is 1. The second-order valence-corrected chi connectivity index (χ2v) is 4.31. The molecule has 2 rings (SSSR count). The summed E-state index contributed by atoms with van der Waals surface area (Å²) < 4.78 is 0. The van der Waals surface area contributed by atoms with Gasteiger partial charge in [0.25, 0.3) is 11.8 Å². The topological polar surface area (TPSA) is 111 Å². The largest absolute Gasteiger partial charge is 0.508 e. The maximum absolute atomic E-state index is 11.8. The Hall–Kier alpha value is -3.19. The minimum absolute atomic E-state index is 0.146. The van der Waals surface area contributed by atoms with E-state index in [4.69, 9.17) is 10.3 Å². The molecule has 112 valence electrons. The lowest BCUT2D eigenvalue weighted by molar-refractivity contribution is 0.0706. The van der Waals surface area contributed by atoms with E-state index in [0.717, 1.165) is 0 Å². The number of hydroxylamine groups is 1. The summed E-state index contributed by atoms with van der Waals surface area (Å²) >= 11 is 0. The fourth-order valence-corrected chi connectivity index (χ4v) is 1.63. The number of hydrogen-bond donors (Lipinski definition) is 4. The van der Waals surface area contributed by atoms with Crippen LogP contribution in [0.2, 0.25) is 0 Å². The molecular formula is C15H13N3O4. The van der Waals surface area contributed by atoms with Crippen molar-refractivity contribution in [3.05, 3.63) is 65.2 Å². The van der Waals surface area contributed by atoms with Crippen molar-refractivity contribution in [3.8, 4) is 5.75 Å². The number of rotatable bonds is 4. The van der Waals surface area contributed by atoms with E-state index >= 15 is 0 Å². The van der Waals surface area contributed by atoms with Crippen molar-refractivity contribution in [3.63, 3.8) is 0 Å². The molecule has 0 aliphatic rings. The van der Waals surface area contributed by atoms with Gasteiger partial charge in [-0.25, -0.2) is 10.9 Å². The maximum atomic E-state index is 11.8. The number of hydrazone groups is 1. The van der Waals surface area contributed by atoms with Gasteiger partial charge in [0.2, 0.25) is 0 Å². The lowest BCUT2D eigenvalue weighted by Crippen LogP contribution is -2.20. The molecule has 0 radical (unpaired) electrons. The SMILES string of the molecule is O=C(NO)c1ccc(C(=O)N/N=C/c2ccc(O)cc2)cc1. The first-order valence-corrected chi connectivity index (χ1v) is 6.27. The van der Waals surface area contributed by atoms with E-state index in [9.17, 15) is 9.59 Å². The number of phenols is 1. The second kappa shape index (κ2) is 7.00. The predicted octanol–water partition coefficient (Wildman–Crippen LogP) is 1.28. The molecule has 0 spiro atoms. The third-order valence-corrected chi connectivity index (χ3v) is 2.78. The smallest absolute Gasteiger partial charge is 0.274 e. The van der Waals surface area contributed by atoms with E-state index < -0.39 is 11.8 Å². The van der Waals surface area contributed by atoms with Crippen molar-refractivity contribution in [1.82, 2.24) is 10.9 Å². The number of hydrogen-bond acceptors (Lipinski definition) is 5. The van der Waals surface area contributed by atoms with Gasteiger partial charge in [0.15, 0.2) is 0 Å². The molecule has 0 aliphatic heterocycles. The summed E-state index contributed by atoms with van der Waals surface area (Å²) in [6.07, 6.45) is 1.44. The highest BCUT2D eigenvalue weighted by Gasteiger charge is 2.07. The number of benzene rings is 2. The molecule has 2 amide bonds. The molecule has 0 aromatic heterocycles. The predicted molar refractivity (Wildman–Crippen MR) is 78.9 cm³/mol. The summed E-state index contributed by atoms with van der Waals surface area (Å²) in [6.45, 7) is 0. The van der Waals surface area contributed by atoms with Gasteiger partial charge in [-0.15, -0.1) is 0 Å². The molecule has 0 saturated carbocycles. The normalized spacial score (nSPS) is 10.4. The fourth-order valence-electron chi connectivity index (χ4n) is 1.63. The Morgan fingerprint density at radius 3 is 2.00 bits per heavy atom. The summed E-state index contributed by atoms with van der Waals surface area (Å²) in [6, 6.07) is 12.0. The summed E-state index contributed by atoms with van der Waals surface area (Å²) in [5.41, 5.74) is 5.11. The fraction of sp³-hybridized carbons (Fsp3) is 0. The molecule has 0 bridgehead atoms.